The highest BCUT2D eigenvalue weighted by atomic mass is 16.3. The molecule has 0 aromatic heterocycles. The van der Waals surface area contributed by atoms with Gasteiger partial charge in [0, 0.05) is 25.2 Å². The van der Waals surface area contributed by atoms with E-state index < -0.39 is 0 Å². The van der Waals surface area contributed by atoms with Gasteiger partial charge in [-0.3, -0.25) is 4.79 Å². The number of aliphatic hydroxyl groups is 1. The van der Waals surface area contributed by atoms with Gasteiger partial charge in [-0.2, -0.15) is 0 Å². The first-order chi connectivity index (χ1) is 8.20. The summed E-state index contributed by atoms with van der Waals surface area (Å²) < 4.78 is 0. The molecule has 4 heteroatoms. The molecule has 1 amide bonds. The highest BCUT2D eigenvalue weighted by molar-refractivity contribution is 5.94. The molecule has 0 radical (unpaired) electrons. The number of hydrogen-bond donors (Lipinski definition) is 2. The van der Waals surface area contributed by atoms with Crippen molar-refractivity contribution in [2.75, 3.05) is 13.1 Å². The van der Waals surface area contributed by atoms with Gasteiger partial charge in [0.25, 0.3) is 5.91 Å². The number of piperidine rings is 1. The summed E-state index contributed by atoms with van der Waals surface area (Å²) in [5, 5.41) is 9.55. The molecular formula is C13H18N2O2. The lowest BCUT2D eigenvalue weighted by Gasteiger charge is -2.30. The summed E-state index contributed by atoms with van der Waals surface area (Å²) >= 11 is 0. The first-order valence-corrected chi connectivity index (χ1v) is 5.97. The Balaban J connectivity index is 2.07. The molecule has 92 valence electrons. The molecule has 1 aromatic rings. The van der Waals surface area contributed by atoms with Crippen molar-refractivity contribution in [3.63, 3.8) is 0 Å². The predicted octanol–water partition coefficient (Wildman–Crippen LogP) is 0.742. The lowest BCUT2D eigenvalue weighted by molar-refractivity contribution is 0.0474. The lowest BCUT2D eigenvalue weighted by atomic mass is 10.1. The van der Waals surface area contributed by atoms with Gasteiger partial charge in [-0.1, -0.05) is 12.1 Å². The van der Waals surface area contributed by atoms with Gasteiger partial charge in [0.15, 0.2) is 0 Å². The van der Waals surface area contributed by atoms with E-state index in [1.165, 1.54) is 0 Å². The molecule has 1 fully saturated rings. The van der Waals surface area contributed by atoms with Crippen molar-refractivity contribution < 1.29 is 9.90 Å². The minimum Gasteiger partial charge on any atom is -0.391 e. The summed E-state index contributed by atoms with van der Waals surface area (Å²) in [6.45, 7) is 1.66. The van der Waals surface area contributed by atoms with E-state index in [9.17, 15) is 9.90 Å². The van der Waals surface area contributed by atoms with E-state index in [2.05, 4.69) is 0 Å². The molecule has 1 aromatic carbocycles. The first-order valence-electron chi connectivity index (χ1n) is 5.97. The topological polar surface area (TPSA) is 66.6 Å². The highest BCUT2D eigenvalue weighted by Gasteiger charge is 2.22. The zero-order valence-electron chi connectivity index (χ0n) is 9.80. The number of rotatable bonds is 2. The second kappa shape index (κ2) is 5.29. The first kappa shape index (κ1) is 12.1. The van der Waals surface area contributed by atoms with Crippen LogP contribution in [0.3, 0.4) is 0 Å². The fourth-order valence-corrected chi connectivity index (χ4v) is 2.11. The molecule has 0 bridgehead atoms. The van der Waals surface area contributed by atoms with Gasteiger partial charge in [-0.05, 0) is 30.5 Å². The quantitative estimate of drug-likeness (QED) is 0.793. The summed E-state index contributed by atoms with van der Waals surface area (Å²) in [4.78, 5) is 13.8. The van der Waals surface area contributed by atoms with Gasteiger partial charge in [-0.25, -0.2) is 0 Å². The fraction of sp³-hybridized carbons (Fsp3) is 0.462. The molecule has 17 heavy (non-hydrogen) atoms. The molecule has 1 aliphatic heterocycles. The van der Waals surface area contributed by atoms with Crippen molar-refractivity contribution in [1.29, 1.82) is 0 Å². The van der Waals surface area contributed by atoms with E-state index in [0.29, 0.717) is 18.7 Å². The Morgan fingerprint density at radius 2 is 2.12 bits per heavy atom. The number of hydrogen-bond acceptors (Lipinski definition) is 3. The Bertz CT molecular complexity index is 389. The Hall–Kier alpha value is -1.39. The van der Waals surface area contributed by atoms with Crippen LogP contribution in [-0.4, -0.2) is 35.1 Å². The standard InChI is InChI=1S/C13H18N2O2/c14-8-10-3-5-11(6-4-10)13(17)15-7-1-2-12(16)9-15/h3-6,12,16H,1-2,7-9,14H2/t12-/m1/s1. The van der Waals surface area contributed by atoms with Crippen LogP contribution in [0.1, 0.15) is 28.8 Å². The van der Waals surface area contributed by atoms with Crippen LogP contribution in [-0.2, 0) is 6.54 Å². The number of carbonyl (C=O) groups is 1. The molecule has 3 N–H and O–H groups in total. The molecule has 0 aliphatic carbocycles. The van der Waals surface area contributed by atoms with E-state index in [-0.39, 0.29) is 12.0 Å². The van der Waals surface area contributed by atoms with Crippen molar-refractivity contribution >= 4 is 5.91 Å². The normalized spacial score (nSPS) is 20.4. The summed E-state index contributed by atoms with van der Waals surface area (Å²) in [7, 11) is 0. The minimum absolute atomic E-state index is 0.00711. The summed E-state index contributed by atoms with van der Waals surface area (Å²) in [5.41, 5.74) is 7.19. The van der Waals surface area contributed by atoms with Crippen molar-refractivity contribution in [3.05, 3.63) is 35.4 Å². The van der Waals surface area contributed by atoms with E-state index in [0.717, 1.165) is 24.9 Å². The molecular weight excluding hydrogens is 216 g/mol. The second-order valence-corrected chi connectivity index (χ2v) is 4.45. The fourth-order valence-electron chi connectivity index (χ4n) is 2.11. The van der Waals surface area contributed by atoms with E-state index in [1.807, 2.05) is 12.1 Å². The smallest absolute Gasteiger partial charge is 0.253 e. The number of nitrogens with zero attached hydrogens (tertiary/aromatic N) is 1. The van der Waals surface area contributed by atoms with Crippen LogP contribution < -0.4 is 5.73 Å². The van der Waals surface area contributed by atoms with Crippen molar-refractivity contribution in [1.82, 2.24) is 4.90 Å². The van der Waals surface area contributed by atoms with Crippen molar-refractivity contribution in [2.24, 2.45) is 5.73 Å². The van der Waals surface area contributed by atoms with Gasteiger partial charge < -0.3 is 15.7 Å². The lowest BCUT2D eigenvalue weighted by Crippen LogP contribution is -2.42. The SMILES string of the molecule is NCc1ccc(C(=O)N2CCC[C@@H](O)C2)cc1. The van der Waals surface area contributed by atoms with Crippen LogP contribution in [0.15, 0.2) is 24.3 Å². The van der Waals surface area contributed by atoms with E-state index in [4.69, 9.17) is 5.73 Å². The van der Waals surface area contributed by atoms with Gasteiger partial charge in [0.1, 0.15) is 0 Å². The van der Waals surface area contributed by atoms with E-state index in [1.54, 1.807) is 17.0 Å². The van der Waals surface area contributed by atoms with Crippen LogP contribution in [0.5, 0.6) is 0 Å². The number of amides is 1. The zero-order valence-corrected chi connectivity index (χ0v) is 9.80. The van der Waals surface area contributed by atoms with Crippen LogP contribution >= 0.6 is 0 Å². The number of likely N-dealkylation sites (tertiary alicyclic amines) is 1. The molecule has 4 nitrogen and oxygen atoms in total. The average molecular weight is 234 g/mol. The maximum Gasteiger partial charge on any atom is 0.253 e. The molecule has 0 spiro atoms. The Morgan fingerprint density at radius 3 is 2.71 bits per heavy atom. The largest absolute Gasteiger partial charge is 0.391 e. The second-order valence-electron chi connectivity index (χ2n) is 4.45. The zero-order chi connectivity index (χ0) is 12.3. The Kier molecular flexibility index (Phi) is 3.76. The number of benzene rings is 1. The molecule has 2 rings (SSSR count). The third-order valence-corrected chi connectivity index (χ3v) is 3.12. The van der Waals surface area contributed by atoms with Crippen molar-refractivity contribution in [2.45, 2.75) is 25.5 Å². The number of aliphatic hydroxyl groups excluding tert-OH is 1. The van der Waals surface area contributed by atoms with Crippen LogP contribution in [0.25, 0.3) is 0 Å². The highest BCUT2D eigenvalue weighted by Crippen LogP contribution is 2.14. The van der Waals surface area contributed by atoms with E-state index >= 15 is 0 Å². The number of carbonyl (C=O) groups excluding carboxylic acids is 1. The number of nitrogens with two attached hydrogens (primary N) is 1. The van der Waals surface area contributed by atoms with Gasteiger partial charge in [0.05, 0.1) is 6.10 Å². The Labute approximate surface area is 101 Å². The molecule has 1 heterocycles. The molecule has 0 unspecified atom stereocenters. The number of β-amino-alcohol motifs (C(OH)–C–C–N with tert-alkyl or cyclic N) is 1. The summed E-state index contributed by atoms with van der Waals surface area (Å²) in [5.74, 6) is -0.00711. The molecule has 0 saturated carbocycles. The average Bonchev–Trinajstić information content (AvgIpc) is 2.38. The molecule has 1 atom stereocenters. The van der Waals surface area contributed by atoms with Gasteiger partial charge in [0.2, 0.25) is 0 Å². The monoisotopic (exact) mass is 234 g/mol. The van der Waals surface area contributed by atoms with Crippen LogP contribution in [0, 0.1) is 0 Å². The van der Waals surface area contributed by atoms with Gasteiger partial charge in [-0.15, -0.1) is 0 Å². The Morgan fingerprint density at radius 1 is 1.41 bits per heavy atom. The van der Waals surface area contributed by atoms with Crippen LogP contribution in [0.4, 0.5) is 0 Å². The predicted molar refractivity (Wildman–Crippen MR) is 65.5 cm³/mol. The molecule has 1 saturated heterocycles. The molecule has 1 aliphatic rings. The maximum absolute atomic E-state index is 12.1. The van der Waals surface area contributed by atoms with Crippen LogP contribution in [0.2, 0.25) is 0 Å². The summed E-state index contributed by atoms with van der Waals surface area (Å²) in [6, 6.07) is 7.33. The minimum atomic E-state index is -0.379. The van der Waals surface area contributed by atoms with Crippen molar-refractivity contribution in [3.8, 4) is 0 Å². The maximum atomic E-state index is 12.1. The third-order valence-electron chi connectivity index (χ3n) is 3.12. The van der Waals surface area contributed by atoms with Gasteiger partial charge >= 0.3 is 0 Å². The third kappa shape index (κ3) is 2.84. The summed E-state index contributed by atoms with van der Waals surface area (Å²) in [6.07, 6.45) is 1.28.